The molecule has 2 aromatic carbocycles. The predicted molar refractivity (Wildman–Crippen MR) is 107 cm³/mol. The van der Waals surface area contributed by atoms with Gasteiger partial charge in [-0.05, 0) is 18.2 Å². The minimum Gasteiger partial charge on any atom is -0.451 e. The number of rotatable bonds is 5. The number of anilines is 1. The Morgan fingerprint density at radius 2 is 2.00 bits per heavy atom. The van der Waals surface area contributed by atoms with E-state index in [2.05, 4.69) is 10.3 Å². The van der Waals surface area contributed by atoms with E-state index in [4.69, 9.17) is 20.8 Å². The van der Waals surface area contributed by atoms with Crippen LogP contribution < -0.4 is 5.32 Å². The molecule has 7 heteroatoms. The first-order valence-electron chi connectivity index (χ1n) is 8.18. The Morgan fingerprint density at radius 3 is 2.78 bits per heavy atom. The van der Waals surface area contributed by atoms with E-state index in [1.807, 2.05) is 41.8 Å². The number of hydrogen-bond acceptors (Lipinski definition) is 5. The van der Waals surface area contributed by atoms with Crippen molar-refractivity contribution in [2.75, 3.05) is 12.4 Å². The van der Waals surface area contributed by atoms with Gasteiger partial charge in [0.25, 0.3) is 5.91 Å². The van der Waals surface area contributed by atoms with E-state index in [-0.39, 0.29) is 18.3 Å². The molecule has 1 amide bonds. The molecule has 0 radical (unpaired) electrons. The van der Waals surface area contributed by atoms with Crippen LogP contribution in [-0.2, 0) is 11.3 Å². The van der Waals surface area contributed by atoms with Crippen LogP contribution in [0.3, 0.4) is 0 Å². The van der Waals surface area contributed by atoms with Crippen molar-refractivity contribution in [1.82, 2.24) is 4.98 Å². The van der Waals surface area contributed by atoms with Gasteiger partial charge in [-0.1, -0.05) is 41.9 Å². The lowest BCUT2D eigenvalue weighted by Crippen LogP contribution is -2.13. The van der Waals surface area contributed by atoms with Gasteiger partial charge in [0.2, 0.25) is 0 Å². The van der Waals surface area contributed by atoms with Crippen LogP contribution in [0.4, 0.5) is 5.13 Å². The quantitative estimate of drug-likeness (QED) is 0.474. The summed E-state index contributed by atoms with van der Waals surface area (Å²) in [6, 6.07) is 14.9. The molecule has 27 heavy (non-hydrogen) atoms. The molecule has 1 N–H and O–H groups in total. The van der Waals surface area contributed by atoms with Gasteiger partial charge < -0.3 is 9.15 Å². The zero-order valence-corrected chi connectivity index (χ0v) is 15.9. The first-order valence-corrected chi connectivity index (χ1v) is 9.43. The third kappa shape index (κ3) is 3.60. The van der Waals surface area contributed by atoms with E-state index in [9.17, 15) is 4.79 Å². The summed E-state index contributed by atoms with van der Waals surface area (Å²) in [5, 5.41) is 6.72. The third-order valence-electron chi connectivity index (χ3n) is 4.06. The summed E-state index contributed by atoms with van der Waals surface area (Å²) in [7, 11) is 1.59. The summed E-state index contributed by atoms with van der Waals surface area (Å²) in [6.45, 7) is 0.285. The Morgan fingerprint density at radius 1 is 1.22 bits per heavy atom. The molecule has 0 aliphatic heterocycles. The number of fused-ring (bicyclic) bond motifs is 1. The normalized spacial score (nSPS) is 11.0. The molecule has 2 aromatic heterocycles. The van der Waals surface area contributed by atoms with Crippen LogP contribution >= 0.6 is 22.9 Å². The summed E-state index contributed by atoms with van der Waals surface area (Å²) in [5.74, 6) is -0.114. The van der Waals surface area contributed by atoms with Crippen LogP contribution in [0.5, 0.6) is 0 Å². The summed E-state index contributed by atoms with van der Waals surface area (Å²) in [5.41, 5.74) is 3.07. The van der Waals surface area contributed by atoms with Crippen molar-refractivity contribution in [1.29, 1.82) is 0 Å². The highest BCUT2D eigenvalue weighted by Gasteiger charge is 2.21. The Balaban J connectivity index is 1.60. The number of carbonyl (C=O) groups is 1. The molecule has 0 bridgehead atoms. The number of halogens is 1. The monoisotopic (exact) mass is 398 g/mol. The van der Waals surface area contributed by atoms with Crippen LogP contribution in [0, 0.1) is 0 Å². The molecule has 0 fully saturated rings. The molecule has 4 aromatic rings. The summed E-state index contributed by atoms with van der Waals surface area (Å²) < 4.78 is 11.0. The zero-order chi connectivity index (χ0) is 18.8. The minimum absolute atomic E-state index is 0.237. The average Bonchev–Trinajstić information content (AvgIpc) is 3.28. The molecule has 0 atom stereocenters. The molecule has 136 valence electrons. The molecule has 0 spiro atoms. The molecular formula is C20H15ClN2O3S. The fourth-order valence-corrected chi connectivity index (χ4v) is 3.65. The lowest BCUT2D eigenvalue weighted by atomic mass is 10.1. The molecule has 2 heterocycles. The highest BCUT2D eigenvalue weighted by Crippen LogP contribution is 2.29. The number of para-hydroxylation sites is 1. The second-order valence-corrected chi connectivity index (χ2v) is 7.13. The van der Waals surface area contributed by atoms with Gasteiger partial charge >= 0.3 is 0 Å². The number of carbonyl (C=O) groups excluding carboxylic acids is 1. The highest BCUT2D eigenvalue weighted by atomic mass is 35.5. The van der Waals surface area contributed by atoms with E-state index in [1.165, 1.54) is 11.3 Å². The molecular weight excluding hydrogens is 384 g/mol. The summed E-state index contributed by atoms with van der Waals surface area (Å²) in [6.07, 6.45) is 0. The molecule has 0 unspecified atom stereocenters. The molecule has 5 nitrogen and oxygen atoms in total. The number of aromatic nitrogens is 1. The Kier molecular flexibility index (Phi) is 4.94. The predicted octanol–water partition coefficient (Wildman–Crippen LogP) is 5.61. The van der Waals surface area contributed by atoms with Crippen LogP contribution in [0.25, 0.3) is 22.2 Å². The van der Waals surface area contributed by atoms with E-state index < -0.39 is 0 Å². The smallest absolute Gasteiger partial charge is 0.293 e. The highest BCUT2D eigenvalue weighted by molar-refractivity contribution is 7.14. The lowest BCUT2D eigenvalue weighted by molar-refractivity contribution is 0.0992. The largest absolute Gasteiger partial charge is 0.451 e. The number of nitrogens with zero attached hydrogens (tertiary/aromatic N) is 1. The summed E-state index contributed by atoms with van der Waals surface area (Å²) in [4.78, 5) is 17.2. The van der Waals surface area contributed by atoms with Crippen LogP contribution in [0.15, 0.2) is 58.3 Å². The van der Waals surface area contributed by atoms with Crippen LogP contribution in [-0.4, -0.2) is 18.0 Å². The molecule has 0 saturated heterocycles. The van der Waals surface area contributed by atoms with Crippen molar-refractivity contribution in [2.24, 2.45) is 0 Å². The van der Waals surface area contributed by atoms with Crippen molar-refractivity contribution in [3.63, 3.8) is 0 Å². The molecule has 0 saturated carbocycles. The first kappa shape index (κ1) is 17.7. The first-order chi connectivity index (χ1) is 13.2. The van der Waals surface area contributed by atoms with Gasteiger partial charge in [0.05, 0.1) is 12.3 Å². The fourth-order valence-electron chi connectivity index (χ4n) is 2.81. The number of ether oxygens (including phenoxy) is 1. The Hall–Kier alpha value is -2.67. The Bertz CT molecular complexity index is 1100. The fraction of sp³-hybridized carbons (Fsp3) is 0.100. The summed E-state index contributed by atoms with van der Waals surface area (Å²) >= 11 is 7.27. The average molecular weight is 399 g/mol. The second kappa shape index (κ2) is 7.52. The van der Waals surface area contributed by atoms with Gasteiger partial charge in [-0.15, -0.1) is 11.3 Å². The standard InChI is InChI=1S/C20H15ClN2O3S/c1-25-10-15-14-4-2-3-5-17(14)26-18(15)19(24)23-20-22-16(11-27-20)12-6-8-13(21)9-7-12/h2-9,11H,10H2,1H3,(H,22,23,24). The zero-order valence-electron chi connectivity index (χ0n) is 14.4. The van der Waals surface area contributed by atoms with E-state index in [1.54, 1.807) is 19.2 Å². The van der Waals surface area contributed by atoms with Crippen molar-refractivity contribution in [3.05, 3.63) is 70.3 Å². The number of furan rings is 1. The van der Waals surface area contributed by atoms with Crippen LogP contribution in [0.1, 0.15) is 16.1 Å². The molecule has 4 rings (SSSR count). The van der Waals surface area contributed by atoms with Gasteiger partial charge in [0.15, 0.2) is 10.9 Å². The van der Waals surface area contributed by atoms with Gasteiger partial charge in [0.1, 0.15) is 5.58 Å². The number of benzene rings is 2. The maximum atomic E-state index is 12.8. The topological polar surface area (TPSA) is 64.4 Å². The minimum atomic E-state index is -0.352. The van der Waals surface area contributed by atoms with Crippen molar-refractivity contribution >= 4 is 44.9 Å². The molecule has 0 aliphatic carbocycles. The van der Waals surface area contributed by atoms with Crippen molar-refractivity contribution < 1.29 is 13.9 Å². The second-order valence-electron chi connectivity index (χ2n) is 5.84. The van der Waals surface area contributed by atoms with Crippen LogP contribution in [0.2, 0.25) is 5.02 Å². The lowest BCUT2D eigenvalue weighted by Gasteiger charge is -2.02. The maximum absolute atomic E-state index is 12.8. The number of amides is 1. The number of methoxy groups -OCH3 is 1. The van der Waals surface area contributed by atoms with E-state index >= 15 is 0 Å². The Labute approximate surface area is 164 Å². The number of nitrogens with one attached hydrogen (secondary N) is 1. The van der Waals surface area contributed by atoms with Gasteiger partial charge in [0, 0.05) is 34.0 Å². The van der Waals surface area contributed by atoms with E-state index in [0.717, 1.165) is 22.2 Å². The van der Waals surface area contributed by atoms with Gasteiger partial charge in [-0.3, -0.25) is 10.1 Å². The van der Waals surface area contributed by atoms with Crippen molar-refractivity contribution in [3.8, 4) is 11.3 Å². The number of thiazole rings is 1. The SMILES string of the molecule is COCc1c(C(=O)Nc2nc(-c3ccc(Cl)cc3)cs2)oc2ccccc12. The van der Waals surface area contributed by atoms with E-state index in [0.29, 0.717) is 15.7 Å². The van der Waals surface area contributed by atoms with Gasteiger partial charge in [-0.2, -0.15) is 0 Å². The number of hydrogen-bond donors (Lipinski definition) is 1. The third-order valence-corrected chi connectivity index (χ3v) is 5.07. The van der Waals surface area contributed by atoms with Crippen molar-refractivity contribution in [2.45, 2.75) is 6.61 Å². The maximum Gasteiger partial charge on any atom is 0.293 e. The molecule has 0 aliphatic rings. The van der Waals surface area contributed by atoms with Gasteiger partial charge in [-0.25, -0.2) is 4.98 Å².